The van der Waals surface area contributed by atoms with Gasteiger partial charge in [0.1, 0.15) is 5.52 Å². The van der Waals surface area contributed by atoms with E-state index in [9.17, 15) is 9.59 Å². The van der Waals surface area contributed by atoms with E-state index >= 15 is 0 Å². The SMILES string of the molecule is O=C(c1cc2ncccc2o1)N1CCCC(N2CCCC2=O)C1. The van der Waals surface area contributed by atoms with Gasteiger partial charge in [0.25, 0.3) is 5.91 Å². The molecule has 2 aromatic rings. The molecule has 0 radical (unpaired) electrons. The Morgan fingerprint density at radius 1 is 1.30 bits per heavy atom. The fraction of sp³-hybridized carbons (Fsp3) is 0.471. The van der Waals surface area contributed by atoms with Gasteiger partial charge in [-0.2, -0.15) is 0 Å². The molecule has 2 aromatic heterocycles. The summed E-state index contributed by atoms with van der Waals surface area (Å²) in [5.41, 5.74) is 1.32. The van der Waals surface area contributed by atoms with Crippen LogP contribution in [0.5, 0.6) is 0 Å². The van der Waals surface area contributed by atoms with E-state index in [4.69, 9.17) is 4.42 Å². The maximum absolute atomic E-state index is 12.7. The van der Waals surface area contributed by atoms with Crippen LogP contribution in [0.25, 0.3) is 11.1 Å². The largest absolute Gasteiger partial charge is 0.449 e. The first kappa shape index (κ1) is 14.2. The van der Waals surface area contributed by atoms with Crippen LogP contribution in [-0.2, 0) is 4.79 Å². The van der Waals surface area contributed by atoms with Crippen molar-refractivity contribution in [2.75, 3.05) is 19.6 Å². The summed E-state index contributed by atoms with van der Waals surface area (Å²) < 4.78 is 5.63. The van der Waals surface area contributed by atoms with Crippen molar-refractivity contribution in [3.8, 4) is 0 Å². The van der Waals surface area contributed by atoms with E-state index in [1.807, 2.05) is 4.90 Å². The molecule has 2 saturated heterocycles. The molecule has 0 aliphatic carbocycles. The molecule has 2 aliphatic rings. The number of fused-ring (bicyclic) bond motifs is 1. The van der Waals surface area contributed by atoms with Crippen LogP contribution >= 0.6 is 0 Å². The van der Waals surface area contributed by atoms with Crippen molar-refractivity contribution in [1.29, 1.82) is 0 Å². The van der Waals surface area contributed by atoms with Crippen molar-refractivity contribution in [3.05, 3.63) is 30.2 Å². The van der Waals surface area contributed by atoms with E-state index in [0.29, 0.717) is 36.4 Å². The summed E-state index contributed by atoms with van der Waals surface area (Å²) in [4.78, 5) is 32.6. The van der Waals surface area contributed by atoms with Crippen LogP contribution in [0, 0.1) is 0 Å². The Hall–Kier alpha value is -2.37. The lowest BCUT2D eigenvalue weighted by Gasteiger charge is -2.37. The Kier molecular flexibility index (Phi) is 3.52. The van der Waals surface area contributed by atoms with Gasteiger partial charge in [-0.15, -0.1) is 0 Å². The molecule has 0 N–H and O–H groups in total. The highest BCUT2D eigenvalue weighted by Gasteiger charge is 2.33. The van der Waals surface area contributed by atoms with E-state index < -0.39 is 0 Å². The van der Waals surface area contributed by atoms with Crippen LogP contribution in [0.2, 0.25) is 0 Å². The highest BCUT2D eigenvalue weighted by Crippen LogP contribution is 2.24. The second kappa shape index (κ2) is 5.68. The highest BCUT2D eigenvalue weighted by atomic mass is 16.3. The minimum atomic E-state index is -0.112. The molecule has 23 heavy (non-hydrogen) atoms. The molecule has 0 bridgehead atoms. The number of carbonyl (C=O) groups is 2. The number of aromatic nitrogens is 1. The molecule has 6 heteroatoms. The zero-order valence-corrected chi connectivity index (χ0v) is 12.9. The van der Waals surface area contributed by atoms with Gasteiger partial charge in [-0.1, -0.05) is 0 Å². The molecule has 120 valence electrons. The number of pyridine rings is 1. The van der Waals surface area contributed by atoms with E-state index in [-0.39, 0.29) is 17.9 Å². The first-order valence-electron chi connectivity index (χ1n) is 8.16. The van der Waals surface area contributed by atoms with Gasteiger partial charge in [0.2, 0.25) is 5.91 Å². The predicted octanol–water partition coefficient (Wildman–Crippen LogP) is 2.05. The van der Waals surface area contributed by atoms with Gasteiger partial charge in [-0.05, 0) is 31.4 Å². The number of amides is 2. The lowest BCUT2D eigenvalue weighted by molar-refractivity contribution is -0.130. The predicted molar refractivity (Wildman–Crippen MR) is 83.9 cm³/mol. The number of likely N-dealkylation sites (tertiary alicyclic amines) is 2. The van der Waals surface area contributed by atoms with E-state index in [1.54, 1.807) is 29.3 Å². The monoisotopic (exact) mass is 313 g/mol. The van der Waals surface area contributed by atoms with Crippen molar-refractivity contribution in [1.82, 2.24) is 14.8 Å². The Balaban J connectivity index is 1.52. The van der Waals surface area contributed by atoms with Crippen LogP contribution in [0.4, 0.5) is 0 Å². The lowest BCUT2D eigenvalue weighted by atomic mass is 10.0. The van der Waals surface area contributed by atoms with Gasteiger partial charge in [-0.3, -0.25) is 14.6 Å². The van der Waals surface area contributed by atoms with Crippen molar-refractivity contribution in [2.45, 2.75) is 31.7 Å². The van der Waals surface area contributed by atoms with Gasteiger partial charge in [-0.25, -0.2) is 0 Å². The maximum atomic E-state index is 12.7. The highest BCUT2D eigenvalue weighted by molar-refractivity contribution is 5.95. The molecule has 2 aliphatic heterocycles. The van der Waals surface area contributed by atoms with E-state index in [0.717, 1.165) is 25.8 Å². The number of nitrogens with zero attached hydrogens (tertiary/aromatic N) is 3. The third-order valence-electron chi connectivity index (χ3n) is 4.73. The number of carbonyl (C=O) groups excluding carboxylic acids is 2. The number of piperidine rings is 1. The normalized spacial score (nSPS) is 22.1. The Labute approximate surface area is 134 Å². The van der Waals surface area contributed by atoms with Crippen LogP contribution < -0.4 is 0 Å². The first-order valence-corrected chi connectivity index (χ1v) is 8.16. The van der Waals surface area contributed by atoms with Gasteiger partial charge >= 0.3 is 0 Å². The second-order valence-corrected chi connectivity index (χ2v) is 6.24. The van der Waals surface area contributed by atoms with Crippen LogP contribution in [-0.4, -0.2) is 52.3 Å². The molecule has 0 saturated carbocycles. The van der Waals surface area contributed by atoms with Crippen molar-refractivity contribution >= 4 is 22.9 Å². The number of hydrogen-bond acceptors (Lipinski definition) is 4. The van der Waals surface area contributed by atoms with Crippen LogP contribution in [0.15, 0.2) is 28.8 Å². The fourth-order valence-corrected chi connectivity index (χ4v) is 3.58. The summed E-state index contributed by atoms with van der Waals surface area (Å²) in [5.74, 6) is 0.434. The molecule has 2 fully saturated rings. The van der Waals surface area contributed by atoms with Gasteiger partial charge in [0, 0.05) is 44.4 Å². The molecule has 0 spiro atoms. The first-order chi connectivity index (χ1) is 11.2. The average Bonchev–Trinajstić information content (AvgIpc) is 3.20. The standard InChI is InChI=1S/C17H19N3O3/c21-16-6-3-9-20(16)12-4-2-8-19(11-12)17(22)15-10-13-14(23-15)5-1-7-18-13/h1,5,7,10,12H,2-4,6,8-9,11H2. The second-order valence-electron chi connectivity index (χ2n) is 6.24. The molecule has 4 heterocycles. The quantitative estimate of drug-likeness (QED) is 0.851. The maximum Gasteiger partial charge on any atom is 0.289 e. The minimum absolute atomic E-state index is 0.112. The lowest BCUT2D eigenvalue weighted by Crippen LogP contribution is -2.50. The van der Waals surface area contributed by atoms with Crippen molar-refractivity contribution in [2.24, 2.45) is 0 Å². The Morgan fingerprint density at radius 2 is 2.22 bits per heavy atom. The van der Waals surface area contributed by atoms with Crippen molar-refractivity contribution < 1.29 is 14.0 Å². The topological polar surface area (TPSA) is 66.7 Å². The van der Waals surface area contributed by atoms with Gasteiger partial charge in [0.15, 0.2) is 11.3 Å². The molecule has 0 aromatic carbocycles. The molecule has 1 atom stereocenters. The third kappa shape index (κ3) is 2.58. The smallest absolute Gasteiger partial charge is 0.289 e. The third-order valence-corrected chi connectivity index (χ3v) is 4.73. The number of hydrogen-bond donors (Lipinski definition) is 0. The summed E-state index contributed by atoms with van der Waals surface area (Å²) in [5, 5.41) is 0. The molecular weight excluding hydrogens is 294 g/mol. The van der Waals surface area contributed by atoms with Gasteiger partial charge in [0.05, 0.1) is 0 Å². The summed E-state index contributed by atoms with van der Waals surface area (Å²) in [6, 6.07) is 5.43. The number of rotatable bonds is 2. The zero-order valence-electron chi connectivity index (χ0n) is 12.9. The Morgan fingerprint density at radius 3 is 3.00 bits per heavy atom. The zero-order chi connectivity index (χ0) is 15.8. The fourth-order valence-electron chi connectivity index (χ4n) is 3.58. The number of furan rings is 1. The summed E-state index contributed by atoms with van der Waals surface area (Å²) in [7, 11) is 0. The van der Waals surface area contributed by atoms with Crippen LogP contribution in [0.1, 0.15) is 36.2 Å². The molecule has 1 unspecified atom stereocenters. The van der Waals surface area contributed by atoms with Crippen molar-refractivity contribution in [3.63, 3.8) is 0 Å². The summed E-state index contributed by atoms with van der Waals surface area (Å²) >= 11 is 0. The molecular formula is C17H19N3O3. The average molecular weight is 313 g/mol. The van der Waals surface area contributed by atoms with E-state index in [2.05, 4.69) is 4.98 Å². The molecule has 6 nitrogen and oxygen atoms in total. The summed E-state index contributed by atoms with van der Waals surface area (Å²) in [6.45, 7) is 2.12. The Bertz CT molecular complexity index is 721. The van der Waals surface area contributed by atoms with E-state index in [1.165, 1.54) is 0 Å². The minimum Gasteiger partial charge on any atom is -0.449 e. The molecule has 4 rings (SSSR count). The summed E-state index contributed by atoms with van der Waals surface area (Å²) in [6.07, 6.45) is 5.14. The van der Waals surface area contributed by atoms with Crippen LogP contribution in [0.3, 0.4) is 0 Å². The molecule has 2 amide bonds. The van der Waals surface area contributed by atoms with Gasteiger partial charge < -0.3 is 14.2 Å².